The van der Waals surface area contributed by atoms with Crippen LogP contribution in [-0.2, 0) is 4.74 Å². The Morgan fingerprint density at radius 2 is 2.18 bits per heavy atom. The summed E-state index contributed by atoms with van der Waals surface area (Å²) in [5.74, 6) is 0.860. The summed E-state index contributed by atoms with van der Waals surface area (Å²) in [6.45, 7) is 7.34. The van der Waals surface area contributed by atoms with Crippen molar-refractivity contribution in [1.29, 1.82) is 0 Å². The Morgan fingerprint density at radius 1 is 1.41 bits per heavy atom. The van der Waals surface area contributed by atoms with Crippen molar-refractivity contribution < 1.29 is 9.66 Å². The van der Waals surface area contributed by atoms with Gasteiger partial charge in [-0.3, -0.25) is 15.0 Å². The lowest BCUT2D eigenvalue weighted by Crippen LogP contribution is -2.45. The number of aromatic nitrogens is 1. The molecular formula is C15H22N4O3. The normalized spacial score (nSPS) is 23.0. The molecule has 2 saturated heterocycles. The average Bonchev–Trinajstić information content (AvgIpc) is 2.96. The van der Waals surface area contributed by atoms with Crippen LogP contribution < -0.4 is 4.90 Å². The predicted molar refractivity (Wildman–Crippen MR) is 83.3 cm³/mol. The molecule has 0 aliphatic carbocycles. The van der Waals surface area contributed by atoms with Gasteiger partial charge in [0, 0.05) is 37.8 Å². The van der Waals surface area contributed by atoms with Gasteiger partial charge in [0.1, 0.15) is 12.0 Å². The monoisotopic (exact) mass is 306 g/mol. The van der Waals surface area contributed by atoms with E-state index in [1.807, 2.05) is 6.07 Å². The molecule has 22 heavy (non-hydrogen) atoms. The Balaban J connectivity index is 1.72. The molecule has 0 saturated carbocycles. The molecule has 0 spiro atoms. The molecule has 1 aromatic rings. The molecule has 0 bridgehead atoms. The van der Waals surface area contributed by atoms with Crippen molar-refractivity contribution in [2.75, 3.05) is 44.3 Å². The second-order valence-electron chi connectivity index (χ2n) is 5.99. The zero-order valence-corrected chi connectivity index (χ0v) is 12.9. The summed E-state index contributed by atoms with van der Waals surface area (Å²) >= 11 is 0. The molecule has 1 atom stereocenters. The third-order valence-electron chi connectivity index (χ3n) is 4.51. The molecule has 1 aromatic heterocycles. The number of morpholine rings is 1. The van der Waals surface area contributed by atoms with Gasteiger partial charge in [-0.15, -0.1) is 0 Å². The summed E-state index contributed by atoms with van der Waals surface area (Å²) < 4.78 is 5.40. The molecule has 2 aliphatic rings. The lowest BCUT2D eigenvalue weighted by atomic mass is 10.2. The molecule has 0 aromatic carbocycles. The van der Waals surface area contributed by atoms with E-state index in [1.54, 1.807) is 6.92 Å². The van der Waals surface area contributed by atoms with Gasteiger partial charge < -0.3 is 9.64 Å². The number of ether oxygens (including phenoxy) is 1. The molecule has 0 N–H and O–H groups in total. The van der Waals surface area contributed by atoms with Gasteiger partial charge >= 0.3 is 0 Å². The number of hydrogen-bond donors (Lipinski definition) is 0. The zero-order chi connectivity index (χ0) is 15.5. The number of nitro groups is 1. The number of nitrogens with zero attached hydrogens (tertiary/aromatic N) is 4. The fraction of sp³-hybridized carbons (Fsp3) is 0.667. The second kappa shape index (κ2) is 6.58. The van der Waals surface area contributed by atoms with E-state index in [4.69, 9.17) is 4.74 Å². The third-order valence-corrected chi connectivity index (χ3v) is 4.51. The van der Waals surface area contributed by atoms with Gasteiger partial charge in [-0.2, -0.15) is 0 Å². The highest BCUT2D eigenvalue weighted by atomic mass is 16.6. The van der Waals surface area contributed by atoms with Gasteiger partial charge in [-0.1, -0.05) is 0 Å². The molecule has 2 fully saturated rings. The van der Waals surface area contributed by atoms with Gasteiger partial charge in [0.2, 0.25) is 0 Å². The van der Waals surface area contributed by atoms with Crippen LogP contribution in [0.3, 0.4) is 0 Å². The van der Waals surface area contributed by atoms with Crippen molar-refractivity contribution in [2.45, 2.75) is 25.8 Å². The van der Waals surface area contributed by atoms with E-state index in [0.29, 0.717) is 11.6 Å². The lowest BCUT2D eigenvalue weighted by molar-refractivity contribution is -0.385. The molecule has 3 rings (SSSR count). The van der Waals surface area contributed by atoms with E-state index in [9.17, 15) is 10.1 Å². The van der Waals surface area contributed by atoms with Crippen molar-refractivity contribution in [1.82, 2.24) is 9.88 Å². The summed E-state index contributed by atoms with van der Waals surface area (Å²) in [7, 11) is 0. The highest BCUT2D eigenvalue weighted by Crippen LogP contribution is 2.28. The van der Waals surface area contributed by atoms with Crippen molar-refractivity contribution in [3.05, 3.63) is 27.9 Å². The first kappa shape index (κ1) is 15.2. The maximum absolute atomic E-state index is 10.9. The minimum absolute atomic E-state index is 0.0904. The van der Waals surface area contributed by atoms with Crippen LogP contribution in [-0.4, -0.2) is 60.2 Å². The first-order valence-corrected chi connectivity index (χ1v) is 7.83. The van der Waals surface area contributed by atoms with Crippen molar-refractivity contribution in [2.24, 2.45) is 0 Å². The standard InChI is InChI=1S/C15H22N4O3/c1-12-9-15(16-10-14(12)19(20)21)18-4-2-3-13(18)11-17-5-7-22-8-6-17/h9-10,13H,2-8,11H2,1H3/t13-/m0/s1. The minimum Gasteiger partial charge on any atom is -0.379 e. The van der Waals surface area contributed by atoms with E-state index in [-0.39, 0.29) is 10.6 Å². The molecule has 7 nitrogen and oxygen atoms in total. The molecule has 2 aliphatic heterocycles. The number of hydrogen-bond acceptors (Lipinski definition) is 6. The summed E-state index contributed by atoms with van der Waals surface area (Å²) in [5, 5.41) is 10.9. The first-order valence-electron chi connectivity index (χ1n) is 7.83. The molecular weight excluding hydrogens is 284 g/mol. The molecule has 7 heteroatoms. The zero-order valence-electron chi connectivity index (χ0n) is 12.9. The number of anilines is 1. The molecule has 0 radical (unpaired) electrons. The van der Waals surface area contributed by atoms with Crippen LogP contribution in [0.4, 0.5) is 11.5 Å². The van der Waals surface area contributed by atoms with Gasteiger partial charge in [0.15, 0.2) is 0 Å². The number of aryl methyl sites for hydroxylation is 1. The van der Waals surface area contributed by atoms with Gasteiger partial charge in [-0.25, -0.2) is 4.98 Å². The Labute approximate surface area is 130 Å². The van der Waals surface area contributed by atoms with E-state index >= 15 is 0 Å². The summed E-state index contributed by atoms with van der Waals surface area (Å²) in [4.78, 5) is 19.6. The van der Waals surface area contributed by atoms with Crippen LogP contribution in [0.5, 0.6) is 0 Å². The predicted octanol–water partition coefficient (Wildman–Crippen LogP) is 1.60. The highest BCUT2D eigenvalue weighted by molar-refractivity contribution is 5.50. The van der Waals surface area contributed by atoms with E-state index in [2.05, 4.69) is 14.8 Å². The largest absolute Gasteiger partial charge is 0.379 e. The van der Waals surface area contributed by atoms with Crippen molar-refractivity contribution >= 4 is 11.5 Å². The Bertz CT molecular complexity index is 546. The Morgan fingerprint density at radius 3 is 2.86 bits per heavy atom. The van der Waals surface area contributed by atoms with Crippen LogP contribution in [0.15, 0.2) is 12.3 Å². The fourth-order valence-corrected chi connectivity index (χ4v) is 3.29. The third kappa shape index (κ3) is 3.20. The summed E-state index contributed by atoms with van der Waals surface area (Å²) in [6.07, 6.45) is 3.68. The number of pyridine rings is 1. The van der Waals surface area contributed by atoms with Gasteiger partial charge in [-0.05, 0) is 25.8 Å². The quantitative estimate of drug-likeness (QED) is 0.621. The fourth-order valence-electron chi connectivity index (χ4n) is 3.29. The Kier molecular flexibility index (Phi) is 4.54. The van der Waals surface area contributed by atoms with Crippen LogP contribution >= 0.6 is 0 Å². The summed E-state index contributed by atoms with van der Waals surface area (Å²) in [6, 6.07) is 2.28. The van der Waals surface area contributed by atoms with Crippen LogP contribution in [0, 0.1) is 17.0 Å². The maximum atomic E-state index is 10.9. The maximum Gasteiger partial charge on any atom is 0.290 e. The molecule has 0 amide bonds. The van der Waals surface area contributed by atoms with Crippen LogP contribution in [0.25, 0.3) is 0 Å². The summed E-state index contributed by atoms with van der Waals surface area (Å²) in [5.41, 5.74) is 0.764. The van der Waals surface area contributed by atoms with E-state index < -0.39 is 0 Å². The SMILES string of the molecule is Cc1cc(N2CCC[C@H]2CN2CCOCC2)ncc1[N+](=O)[O-]. The highest BCUT2D eigenvalue weighted by Gasteiger charge is 2.28. The first-order chi connectivity index (χ1) is 10.6. The smallest absolute Gasteiger partial charge is 0.290 e. The molecule has 0 unspecified atom stereocenters. The molecule has 120 valence electrons. The Hall–Kier alpha value is -1.73. The number of rotatable bonds is 4. The second-order valence-corrected chi connectivity index (χ2v) is 5.99. The molecule has 3 heterocycles. The van der Waals surface area contributed by atoms with Crippen molar-refractivity contribution in [3.8, 4) is 0 Å². The minimum atomic E-state index is -0.374. The van der Waals surface area contributed by atoms with Gasteiger partial charge in [0.25, 0.3) is 5.69 Å². The van der Waals surface area contributed by atoms with Crippen LogP contribution in [0.1, 0.15) is 18.4 Å². The average molecular weight is 306 g/mol. The lowest BCUT2D eigenvalue weighted by Gasteiger charge is -2.33. The van der Waals surface area contributed by atoms with Gasteiger partial charge in [0.05, 0.1) is 18.1 Å². The topological polar surface area (TPSA) is 71.7 Å². The van der Waals surface area contributed by atoms with Crippen LogP contribution in [0.2, 0.25) is 0 Å². The van der Waals surface area contributed by atoms with Crippen molar-refractivity contribution in [3.63, 3.8) is 0 Å². The van der Waals surface area contributed by atoms with E-state index in [1.165, 1.54) is 6.20 Å². The van der Waals surface area contributed by atoms with E-state index in [0.717, 1.165) is 58.1 Å².